The Morgan fingerprint density at radius 3 is 2.22 bits per heavy atom. The summed E-state index contributed by atoms with van der Waals surface area (Å²) in [5.74, 6) is 0.0120. The fourth-order valence-corrected chi connectivity index (χ4v) is 1.93. The Morgan fingerprint density at radius 1 is 1.17 bits per heavy atom. The molecule has 0 aliphatic rings. The van der Waals surface area contributed by atoms with Gasteiger partial charge in [0.15, 0.2) is 0 Å². The van der Waals surface area contributed by atoms with Crippen molar-refractivity contribution in [1.29, 1.82) is 0 Å². The zero-order valence-corrected chi connectivity index (χ0v) is 11.8. The van der Waals surface area contributed by atoms with Crippen molar-refractivity contribution in [2.75, 3.05) is 13.1 Å². The fraction of sp³-hybridized carbons (Fsp3) is 0.846. The van der Waals surface area contributed by atoms with Crippen LogP contribution in [-0.2, 0) is 9.59 Å². The van der Waals surface area contributed by atoms with Gasteiger partial charge in [-0.05, 0) is 30.7 Å². The summed E-state index contributed by atoms with van der Waals surface area (Å²) in [5, 5.41) is 2.69. The molecule has 0 bridgehead atoms. The van der Waals surface area contributed by atoms with Crippen LogP contribution in [-0.4, -0.2) is 24.9 Å². The highest BCUT2D eigenvalue weighted by molar-refractivity contribution is 5.78. The van der Waals surface area contributed by atoms with Crippen LogP contribution >= 0.6 is 0 Å². The van der Waals surface area contributed by atoms with Gasteiger partial charge in [-0.15, -0.1) is 0 Å². The average Bonchev–Trinajstić information content (AvgIpc) is 2.21. The van der Waals surface area contributed by atoms with Gasteiger partial charge in [0.25, 0.3) is 0 Å². The van der Waals surface area contributed by atoms with Gasteiger partial charge in [-0.3, -0.25) is 9.59 Å². The summed E-state index contributed by atoms with van der Waals surface area (Å²) < 4.78 is 0. The largest absolute Gasteiger partial charge is 0.370 e. The van der Waals surface area contributed by atoms with E-state index in [0.717, 1.165) is 12.8 Å². The molecule has 0 spiro atoms. The highest BCUT2D eigenvalue weighted by Gasteiger charge is 2.24. The molecule has 0 aliphatic carbocycles. The zero-order valence-electron chi connectivity index (χ0n) is 11.8. The zero-order chi connectivity index (χ0) is 14.2. The van der Waals surface area contributed by atoms with E-state index in [1.54, 1.807) is 0 Å². The molecule has 0 aliphatic heterocycles. The molecule has 0 aromatic rings. The molecule has 1 atom stereocenters. The van der Waals surface area contributed by atoms with Crippen LogP contribution in [0.1, 0.15) is 46.5 Å². The van der Waals surface area contributed by atoms with E-state index in [1.165, 1.54) is 0 Å². The van der Waals surface area contributed by atoms with Gasteiger partial charge in [0.05, 0.1) is 0 Å². The molecule has 2 amide bonds. The number of carbonyl (C=O) groups is 2. The Labute approximate surface area is 110 Å². The van der Waals surface area contributed by atoms with Gasteiger partial charge in [-0.2, -0.15) is 0 Å². The molecule has 0 rings (SSSR count). The number of primary amides is 1. The summed E-state index contributed by atoms with van der Waals surface area (Å²) >= 11 is 0. The maximum atomic E-state index is 11.6. The van der Waals surface area contributed by atoms with Crippen molar-refractivity contribution in [3.05, 3.63) is 0 Å². The van der Waals surface area contributed by atoms with E-state index < -0.39 is 5.91 Å². The second-order valence-electron chi connectivity index (χ2n) is 5.75. The minimum absolute atomic E-state index is 0.0254. The van der Waals surface area contributed by atoms with Gasteiger partial charge in [-0.25, -0.2) is 0 Å². The van der Waals surface area contributed by atoms with Crippen LogP contribution in [0, 0.1) is 11.3 Å². The van der Waals surface area contributed by atoms with Crippen LogP contribution < -0.4 is 16.8 Å². The molecule has 1 unspecified atom stereocenters. The van der Waals surface area contributed by atoms with Crippen LogP contribution in [0.15, 0.2) is 0 Å². The molecule has 0 saturated carbocycles. The third-order valence-electron chi connectivity index (χ3n) is 3.15. The Kier molecular flexibility index (Phi) is 7.59. The van der Waals surface area contributed by atoms with Crippen molar-refractivity contribution in [3.63, 3.8) is 0 Å². The summed E-state index contributed by atoms with van der Waals surface area (Å²) in [6.45, 7) is 7.46. The highest BCUT2D eigenvalue weighted by atomic mass is 16.2. The molecule has 5 nitrogen and oxygen atoms in total. The molecule has 0 aromatic carbocycles. The maximum absolute atomic E-state index is 11.6. The Balaban J connectivity index is 3.96. The molecule has 0 saturated heterocycles. The first kappa shape index (κ1) is 16.9. The molecule has 106 valence electrons. The van der Waals surface area contributed by atoms with Crippen molar-refractivity contribution in [1.82, 2.24) is 5.32 Å². The van der Waals surface area contributed by atoms with Crippen molar-refractivity contribution in [2.45, 2.75) is 46.5 Å². The van der Waals surface area contributed by atoms with Gasteiger partial charge in [0.1, 0.15) is 0 Å². The normalized spacial score (nSPS) is 13.1. The lowest BCUT2D eigenvalue weighted by Crippen LogP contribution is -2.30. The minimum Gasteiger partial charge on any atom is -0.370 e. The van der Waals surface area contributed by atoms with Crippen LogP contribution in [0.2, 0.25) is 0 Å². The number of carbonyl (C=O) groups excluding carboxylic acids is 2. The third kappa shape index (κ3) is 8.06. The number of hydrogen-bond donors (Lipinski definition) is 3. The molecule has 0 aromatic heterocycles. The Bertz CT molecular complexity index is 272. The van der Waals surface area contributed by atoms with E-state index >= 15 is 0 Å². The lowest BCUT2D eigenvalue weighted by atomic mass is 9.76. The van der Waals surface area contributed by atoms with Crippen molar-refractivity contribution in [3.8, 4) is 0 Å². The predicted molar refractivity (Wildman–Crippen MR) is 72.7 cm³/mol. The number of nitrogens with two attached hydrogens (primary N) is 2. The summed E-state index contributed by atoms with van der Waals surface area (Å²) in [6, 6.07) is 0. The van der Waals surface area contributed by atoms with Gasteiger partial charge in [-0.1, -0.05) is 20.8 Å². The van der Waals surface area contributed by atoms with Crippen LogP contribution in [0.3, 0.4) is 0 Å². The first-order valence-corrected chi connectivity index (χ1v) is 6.52. The van der Waals surface area contributed by atoms with Gasteiger partial charge in [0, 0.05) is 19.4 Å². The summed E-state index contributed by atoms with van der Waals surface area (Å²) in [7, 11) is 0. The lowest BCUT2D eigenvalue weighted by Gasteiger charge is -2.30. The standard InChI is InChI=1S/C13H27N3O2/c1-13(2,3)10(6-8-14)4-5-12(18)16-9-7-11(15)17/h10H,4-9,14H2,1-3H3,(H2,15,17)(H,16,18). The molecule has 0 heterocycles. The van der Waals surface area contributed by atoms with Gasteiger partial charge >= 0.3 is 0 Å². The average molecular weight is 257 g/mol. The molecule has 5 heteroatoms. The van der Waals surface area contributed by atoms with Crippen LogP contribution in [0.25, 0.3) is 0 Å². The monoisotopic (exact) mass is 257 g/mol. The smallest absolute Gasteiger partial charge is 0.220 e. The molecular weight excluding hydrogens is 230 g/mol. The highest BCUT2D eigenvalue weighted by Crippen LogP contribution is 2.31. The van der Waals surface area contributed by atoms with Crippen LogP contribution in [0.4, 0.5) is 0 Å². The van der Waals surface area contributed by atoms with Crippen molar-refractivity contribution in [2.24, 2.45) is 22.8 Å². The van der Waals surface area contributed by atoms with E-state index in [0.29, 0.717) is 25.4 Å². The number of nitrogens with one attached hydrogen (secondary N) is 1. The first-order chi connectivity index (χ1) is 8.27. The Hall–Kier alpha value is -1.10. The number of amides is 2. The van der Waals surface area contributed by atoms with E-state index in [4.69, 9.17) is 11.5 Å². The second kappa shape index (κ2) is 8.08. The van der Waals surface area contributed by atoms with Gasteiger partial charge < -0.3 is 16.8 Å². The molecular formula is C13H27N3O2. The molecule has 18 heavy (non-hydrogen) atoms. The first-order valence-electron chi connectivity index (χ1n) is 6.52. The topological polar surface area (TPSA) is 98.2 Å². The van der Waals surface area contributed by atoms with E-state index in [2.05, 4.69) is 26.1 Å². The quantitative estimate of drug-likeness (QED) is 0.599. The predicted octanol–water partition coefficient (Wildman–Crippen LogP) is 0.769. The van der Waals surface area contributed by atoms with E-state index in [9.17, 15) is 9.59 Å². The van der Waals surface area contributed by atoms with Crippen molar-refractivity contribution >= 4 is 11.8 Å². The number of rotatable bonds is 8. The SMILES string of the molecule is CC(C)(C)C(CCN)CCC(=O)NCCC(N)=O. The van der Waals surface area contributed by atoms with Crippen LogP contribution in [0.5, 0.6) is 0 Å². The van der Waals surface area contributed by atoms with Gasteiger partial charge in [0.2, 0.25) is 11.8 Å². The maximum Gasteiger partial charge on any atom is 0.220 e. The molecule has 0 fully saturated rings. The summed E-state index contributed by atoms with van der Waals surface area (Å²) in [5.41, 5.74) is 10.7. The number of hydrogen-bond acceptors (Lipinski definition) is 3. The fourth-order valence-electron chi connectivity index (χ4n) is 1.93. The third-order valence-corrected chi connectivity index (χ3v) is 3.15. The summed E-state index contributed by atoms with van der Waals surface area (Å²) in [6.07, 6.45) is 2.42. The van der Waals surface area contributed by atoms with E-state index in [1.807, 2.05) is 0 Å². The minimum atomic E-state index is -0.397. The Morgan fingerprint density at radius 2 is 1.78 bits per heavy atom. The van der Waals surface area contributed by atoms with E-state index in [-0.39, 0.29) is 17.7 Å². The molecule has 0 radical (unpaired) electrons. The van der Waals surface area contributed by atoms with Crippen molar-refractivity contribution < 1.29 is 9.59 Å². The second-order valence-corrected chi connectivity index (χ2v) is 5.75. The summed E-state index contributed by atoms with van der Waals surface area (Å²) in [4.78, 5) is 22.1. The lowest BCUT2D eigenvalue weighted by molar-refractivity contribution is -0.121. The molecule has 5 N–H and O–H groups in total.